The molecule has 0 spiro atoms. The SMILES string of the molecule is CCC(=O)n1cc(C2CCNCC2)c2ncccc21. The predicted molar refractivity (Wildman–Crippen MR) is 75.5 cm³/mol. The summed E-state index contributed by atoms with van der Waals surface area (Å²) in [5, 5.41) is 3.38. The first kappa shape index (κ1) is 12.4. The Bertz CT molecular complexity index is 596. The summed E-state index contributed by atoms with van der Waals surface area (Å²) in [4.78, 5) is 16.5. The molecule has 4 nitrogen and oxygen atoms in total. The van der Waals surface area contributed by atoms with E-state index in [1.54, 1.807) is 4.57 Å². The largest absolute Gasteiger partial charge is 0.317 e. The van der Waals surface area contributed by atoms with Gasteiger partial charge >= 0.3 is 0 Å². The number of hydrogen-bond acceptors (Lipinski definition) is 3. The highest BCUT2D eigenvalue weighted by atomic mass is 16.1. The fourth-order valence-electron chi connectivity index (χ4n) is 2.89. The van der Waals surface area contributed by atoms with Crippen LogP contribution in [-0.2, 0) is 0 Å². The topological polar surface area (TPSA) is 46.9 Å². The van der Waals surface area contributed by atoms with Gasteiger partial charge in [-0.1, -0.05) is 6.92 Å². The number of pyridine rings is 1. The number of carbonyl (C=O) groups excluding carboxylic acids is 1. The lowest BCUT2D eigenvalue weighted by atomic mass is 9.91. The molecular formula is C15H19N3O. The van der Waals surface area contributed by atoms with Gasteiger partial charge in [0.25, 0.3) is 0 Å². The van der Waals surface area contributed by atoms with Crippen LogP contribution in [0.5, 0.6) is 0 Å². The average molecular weight is 257 g/mol. The molecule has 1 fully saturated rings. The summed E-state index contributed by atoms with van der Waals surface area (Å²) in [6.45, 7) is 3.99. The maximum Gasteiger partial charge on any atom is 0.230 e. The molecule has 1 saturated heterocycles. The summed E-state index contributed by atoms with van der Waals surface area (Å²) < 4.78 is 1.78. The average Bonchev–Trinajstić information content (AvgIpc) is 2.87. The Kier molecular flexibility index (Phi) is 3.34. The van der Waals surface area contributed by atoms with Gasteiger partial charge in [-0.05, 0) is 49.5 Å². The van der Waals surface area contributed by atoms with E-state index in [1.165, 1.54) is 5.56 Å². The number of hydrogen-bond donors (Lipinski definition) is 1. The second-order valence-corrected chi connectivity index (χ2v) is 5.10. The molecule has 19 heavy (non-hydrogen) atoms. The molecule has 4 heteroatoms. The molecule has 0 amide bonds. The van der Waals surface area contributed by atoms with Gasteiger partial charge in [0.15, 0.2) is 0 Å². The van der Waals surface area contributed by atoms with Crippen LogP contribution in [0.2, 0.25) is 0 Å². The number of aromatic nitrogens is 2. The first-order chi connectivity index (χ1) is 9.31. The van der Waals surface area contributed by atoms with Crippen molar-refractivity contribution in [2.45, 2.75) is 32.1 Å². The third kappa shape index (κ3) is 2.16. The van der Waals surface area contributed by atoms with E-state index in [2.05, 4.69) is 10.3 Å². The zero-order chi connectivity index (χ0) is 13.2. The molecule has 1 aliphatic rings. The van der Waals surface area contributed by atoms with E-state index < -0.39 is 0 Å². The number of piperidine rings is 1. The van der Waals surface area contributed by atoms with Crippen molar-refractivity contribution in [2.24, 2.45) is 0 Å². The molecule has 0 unspecified atom stereocenters. The fourth-order valence-corrected chi connectivity index (χ4v) is 2.89. The van der Waals surface area contributed by atoms with Gasteiger partial charge < -0.3 is 5.32 Å². The van der Waals surface area contributed by atoms with Crippen molar-refractivity contribution in [3.8, 4) is 0 Å². The second-order valence-electron chi connectivity index (χ2n) is 5.10. The van der Waals surface area contributed by atoms with E-state index in [0.717, 1.165) is 37.0 Å². The Hall–Kier alpha value is -1.68. The smallest absolute Gasteiger partial charge is 0.230 e. The van der Waals surface area contributed by atoms with Crippen LogP contribution >= 0.6 is 0 Å². The molecule has 2 aromatic rings. The van der Waals surface area contributed by atoms with Crippen LogP contribution in [0.25, 0.3) is 11.0 Å². The molecule has 100 valence electrons. The van der Waals surface area contributed by atoms with Crippen molar-refractivity contribution in [1.82, 2.24) is 14.9 Å². The normalized spacial score (nSPS) is 16.9. The Morgan fingerprint density at radius 1 is 1.47 bits per heavy atom. The third-order valence-corrected chi connectivity index (χ3v) is 3.94. The van der Waals surface area contributed by atoms with Crippen LogP contribution < -0.4 is 5.32 Å². The molecule has 0 radical (unpaired) electrons. The van der Waals surface area contributed by atoms with E-state index in [9.17, 15) is 4.79 Å². The van der Waals surface area contributed by atoms with E-state index in [0.29, 0.717) is 12.3 Å². The van der Waals surface area contributed by atoms with Crippen molar-refractivity contribution in [2.75, 3.05) is 13.1 Å². The molecule has 0 aromatic carbocycles. The maximum absolute atomic E-state index is 12.0. The minimum Gasteiger partial charge on any atom is -0.317 e. The van der Waals surface area contributed by atoms with Crippen molar-refractivity contribution in [3.63, 3.8) is 0 Å². The number of carbonyl (C=O) groups is 1. The Labute approximate surface area is 112 Å². The second kappa shape index (κ2) is 5.13. The van der Waals surface area contributed by atoms with Gasteiger partial charge in [0, 0.05) is 18.8 Å². The minimum absolute atomic E-state index is 0.137. The van der Waals surface area contributed by atoms with Gasteiger partial charge in [-0.15, -0.1) is 0 Å². The zero-order valence-corrected chi connectivity index (χ0v) is 11.2. The van der Waals surface area contributed by atoms with Gasteiger partial charge in [0.2, 0.25) is 5.91 Å². The minimum atomic E-state index is 0.137. The van der Waals surface area contributed by atoms with Crippen molar-refractivity contribution < 1.29 is 4.79 Å². The van der Waals surface area contributed by atoms with Crippen LogP contribution in [-0.4, -0.2) is 28.5 Å². The number of rotatable bonds is 2. The van der Waals surface area contributed by atoms with Gasteiger partial charge in [0.1, 0.15) is 0 Å². The molecule has 1 aliphatic heterocycles. The van der Waals surface area contributed by atoms with Crippen LogP contribution in [0.1, 0.15) is 42.5 Å². The Balaban J connectivity index is 2.11. The lowest BCUT2D eigenvalue weighted by Gasteiger charge is -2.21. The van der Waals surface area contributed by atoms with Gasteiger partial charge in [-0.2, -0.15) is 0 Å². The number of nitrogens with zero attached hydrogens (tertiary/aromatic N) is 2. The maximum atomic E-state index is 12.0. The fraction of sp³-hybridized carbons (Fsp3) is 0.467. The molecule has 0 atom stereocenters. The molecular weight excluding hydrogens is 238 g/mol. The standard InChI is InChI=1S/C15H19N3O/c1-2-14(19)18-10-12(11-5-8-16-9-6-11)15-13(18)4-3-7-17-15/h3-4,7,10-11,16H,2,5-6,8-9H2,1H3. The molecule has 2 aromatic heterocycles. The van der Waals surface area contributed by atoms with Crippen molar-refractivity contribution in [3.05, 3.63) is 30.1 Å². The summed E-state index contributed by atoms with van der Waals surface area (Å²) in [5.74, 6) is 0.655. The first-order valence-corrected chi connectivity index (χ1v) is 7.01. The molecule has 3 rings (SSSR count). The summed E-state index contributed by atoms with van der Waals surface area (Å²) in [6.07, 6.45) is 6.59. The first-order valence-electron chi connectivity index (χ1n) is 7.01. The number of fused-ring (bicyclic) bond motifs is 1. The third-order valence-electron chi connectivity index (χ3n) is 3.94. The van der Waals surface area contributed by atoms with E-state index in [1.807, 2.05) is 31.5 Å². The zero-order valence-electron chi connectivity index (χ0n) is 11.2. The summed E-state index contributed by atoms with van der Waals surface area (Å²) in [5.41, 5.74) is 3.18. The lowest BCUT2D eigenvalue weighted by molar-refractivity contribution is 0.0914. The molecule has 3 heterocycles. The van der Waals surface area contributed by atoms with Crippen molar-refractivity contribution in [1.29, 1.82) is 0 Å². The Morgan fingerprint density at radius 2 is 2.26 bits per heavy atom. The Morgan fingerprint density at radius 3 is 3.00 bits per heavy atom. The van der Waals surface area contributed by atoms with E-state index >= 15 is 0 Å². The highest BCUT2D eigenvalue weighted by molar-refractivity contribution is 5.92. The summed E-state index contributed by atoms with van der Waals surface area (Å²) in [7, 11) is 0. The van der Waals surface area contributed by atoms with Gasteiger partial charge in [-0.25, -0.2) is 0 Å². The van der Waals surface area contributed by atoms with Crippen LogP contribution in [0.4, 0.5) is 0 Å². The molecule has 1 N–H and O–H groups in total. The quantitative estimate of drug-likeness (QED) is 0.899. The predicted octanol–water partition coefficient (Wildman–Crippen LogP) is 2.55. The highest BCUT2D eigenvalue weighted by Crippen LogP contribution is 2.31. The molecule has 0 bridgehead atoms. The van der Waals surface area contributed by atoms with Crippen molar-refractivity contribution >= 4 is 16.9 Å². The van der Waals surface area contributed by atoms with Crippen LogP contribution in [0.15, 0.2) is 24.5 Å². The summed E-state index contributed by atoms with van der Waals surface area (Å²) >= 11 is 0. The number of nitrogens with one attached hydrogen (secondary N) is 1. The van der Waals surface area contributed by atoms with Crippen LogP contribution in [0, 0.1) is 0 Å². The lowest BCUT2D eigenvalue weighted by Crippen LogP contribution is -2.26. The van der Waals surface area contributed by atoms with Gasteiger partial charge in [0.05, 0.1) is 11.0 Å². The van der Waals surface area contributed by atoms with E-state index in [-0.39, 0.29) is 5.91 Å². The molecule has 0 saturated carbocycles. The van der Waals surface area contributed by atoms with Crippen LogP contribution in [0.3, 0.4) is 0 Å². The van der Waals surface area contributed by atoms with Gasteiger partial charge in [-0.3, -0.25) is 14.3 Å². The monoisotopic (exact) mass is 257 g/mol. The highest BCUT2D eigenvalue weighted by Gasteiger charge is 2.22. The summed E-state index contributed by atoms with van der Waals surface area (Å²) in [6, 6.07) is 3.88. The van der Waals surface area contributed by atoms with E-state index in [4.69, 9.17) is 0 Å². The molecule has 0 aliphatic carbocycles.